The topological polar surface area (TPSA) is 168 Å². The Bertz CT molecular complexity index is 1560. The van der Waals surface area contributed by atoms with E-state index in [9.17, 15) is 20.2 Å². The van der Waals surface area contributed by atoms with E-state index in [1.54, 1.807) is 61.2 Å². The first-order chi connectivity index (χ1) is 19.6. The molecule has 214 valence electrons. The number of imidazole rings is 2. The molecule has 2 aromatic heterocycles. The number of hydrogen-bond acceptors (Lipinski definition) is 11. The molecule has 4 aromatic rings. The van der Waals surface area contributed by atoms with Gasteiger partial charge in [0, 0.05) is 35.6 Å². The smallest absolute Gasteiger partial charge is 0.302 e. The van der Waals surface area contributed by atoms with E-state index in [-0.39, 0.29) is 25.5 Å². The molecule has 17 heteroatoms. The van der Waals surface area contributed by atoms with Crippen molar-refractivity contribution in [3.8, 4) is 28.9 Å². The molecule has 41 heavy (non-hydrogen) atoms. The Morgan fingerprint density at radius 3 is 2.54 bits per heavy atom. The van der Waals surface area contributed by atoms with Crippen molar-refractivity contribution >= 4 is 23.2 Å². The maximum Gasteiger partial charge on any atom is 0.302 e. The summed E-state index contributed by atoms with van der Waals surface area (Å²) in [7, 11) is 1.39. The Morgan fingerprint density at radius 1 is 1.12 bits per heavy atom. The lowest BCUT2D eigenvalue weighted by Gasteiger charge is -2.30. The molecule has 0 radical (unpaired) electrons. The zero-order valence-corrected chi connectivity index (χ0v) is 22.6. The lowest BCUT2D eigenvalue weighted by Crippen LogP contribution is -2.34. The molecule has 0 bridgehead atoms. The molecule has 2 unspecified atom stereocenters. The number of benzene rings is 2. The summed E-state index contributed by atoms with van der Waals surface area (Å²) in [6.07, 6.45) is 4.59. The summed E-state index contributed by atoms with van der Waals surface area (Å²) in [6.45, 7) is 0.612. The molecule has 2 aromatic carbocycles. The lowest BCUT2D eigenvalue weighted by molar-refractivity contribution is -0.715. The molecule has 2 atom stereocenters. The highest BCUT2D eigenvalue weighted by Gasteiger charge is 2.45. The van der Waals surface area contributed by atoms with Gasteiger partial charge in [0.25, 0.3) is 6.01 Å². The minimum absolute atomic E-state index is 0.0850. The highest BCUT2D eigenvalue weighted by Crippen LogP contribution is 2.41. The van der Waals surface area contributed by atoms with Gasteiger partial charge in [0.2, 0.25) is 11.7 Å². The molecule has 15 nitrogen and oxygen atoms in total. The number of rotatable bonds is 11. The van der Waals surface area contributed by atoms with Gasteiger partial charge in [-0.1, -0.05) is 29.3 Å². The Labute approximate surface area is 240 Å². The van der Waals surface area contributed by atoms with Crippen LogP contribution in [0.1, 0.15) is 5.56 Å². The zero-order valence-electron chi connectivity index (χ0n) is 21.1. The zero-order chi connectivity index (χ0) is 29.1. The van der Waals surface area contributed by atoms with Crippen LogP contribution < -0.4 is 14.4 Å². The monoisotopic (exact) mass is 606 g/mol. The molecule has 1 aliphatic heterocycles. The van der Waals surface area contributed by atoms with Crippen LogP contribution >= 0.6 is 23.2 Å². The van der Waals surface area contributed by atoms with Crippen molar-refractivity contribution in [2.24, 2.45) is 7.05 Å². The van der Waals surface area contributed by atoms with Crippen molar-refractivity contribution < 1.29 is 34.1 Å². The van der Waals surface area contributed by atoms with Crippen molar-refractivity contribution in [3.05, 3.63) is 97.0 Å². The normalized spacial score (nSPS) is 18.3. The number of ether oxygens (including phenoxy) is 3. The second-order valence-electron chi connectivity index (χ2n) is 8.74. The van der Waals surface area contributed by atoms with Gasteiger partial charge in [-0.3, -0.25) is 4.84 Å². The summed E-state index contributed by atoms with van der Waals surface area (Å²) >= 11 is 12.6. The van der Waals surface area contributed by atoms with E-state index in [1.807, 2.05) is 4.57 Å². The third kappa shape index (κ3) is 6.17. The van der Waals surface area contributed by atoms with Crippen molar-refractivity contribution in [2.45, 2.75) is 18.4 Å². The summed E-state index contributed by atoms with van der Waals surface area (Å²) in [5.74, 6) is -1.24. The maximum atomic E-state index is 10.9. The fourth-order valence-electron chi connectivity index (χ4n) is 4.33. The summed E-state index contributed by atoms with van der Waals surface area (Å²) in [4.78, 5) is 38.3. The predicted molar refractivity (Wildman–Crippen MR) is 141 cm³/mol. The average Bonchev–Trinajstić information content (AvgIpc) is 3.64. The molecule has 1 saturated heterocycles. The van der Waals surface area contributed by atoms with E-state index < -0.39 is 34.0 Å². The van der Waals surface area contributed by atoms with Gasteiger partial charge in [0.05, 0.1) is 24.5 Å². The largest absolute Gasteiger partial charge is 0.491 e. The highest BCUT2D eigenvalue weighted by atomic mass is 35.5. The van der Waals surface area contributed by atoms with Crippen LogP contribution in [0, 0.1) is 20.2 Å². The molecule has 0 saturated carbocycles. The molecule has 0 N–H and O–H groups in total. The van der Waals surface area contributed by atoms with Crippen LogP contribution in [0.3, 0.4) is 0 Å². The van der Waals surface area contributed by atoms with Gasteiger partial charge in [-0.15, -0.1) is 20.2 Å². The first-order valence-corrected chi connectivity index (χ1v) is 12.6. The number of aromatic nitrogens is 4. The molecular formula is C24H20Cl2N6O9. The van der Waals surface area contributed by atoms with E-state index >= 15 is 0 Å². The van der Waals surface area contributed by atoms with Crippen LogP contribution in [-0.2, 0) is 28.9 Å². The highest BCUT2D eigenvalue weighted by molar-refractivity contribution is 6.35. The van der Waals surface area contributed by atoms with Crippen molar-refractivity contribution in [1.82, 2.24) is 19.1 Å². The lowest BCUT2D eigenvalue weighted by atomic mass is 10.1. The van der Waals surface area contributed by atoms with Crippen molar-refractivity contribution in [1.29, 1.82) is 0 Å². The Hall–Kier alpha value is -4.44. The van der Waals surface area contributed by atoms with Gasteiger partial charge in [0.15, 0.2) is 0 Å². The Kier molecular flexibility index (Phi) is 7.94. The summed E-state index contributed by atoms with van der Waals surface area (Å²) in [5, 5.41) is 20.4. The minimum atomic E-state index is -1.21. The van der Waals surface area contributed by atoms with E-state index in [0.29, 0.717) is 26.9 Å². The van der Waals surface area contributed by atoms with Crippen LogP contribution in [0.15, 0.2) is 61.2 Å². The van der Waals surface area contributed by atoms with E-state index in [0.717, 1.165) is 4.57 Å². The second-order valence-corrected chi connectivity index (χ2v) is 9.58. The molecular weight excluding hydrogens is 587 g/mol. The summed E-state index contributed by atoms with van der Waals surface area (Å²) in [6, 6.07) is 10.9. The van der Waals surface area contributed by atoms with Crippen LogP contribution in [0.4, 0.5) is 0 Å². The van der Waals surface area contributed by atoms with Gasteiger partial charge in [-0.2, -0.15) is 4.98 Å². The van der Waals surface area contributed by atoms with E-state index in [2.05, 4.69) is 19.6 Å². The Morgan fingerprint density at radius 2 is 1.88 bits per heavy atom. The predicted octanol–water partition coefficient (Wildman–Crippen LogP) is 4.08. The molecule has 1 aliphatic rings. The van der Waals surface area contributed by atoms with Crippen LogP contribution in [0.5, 0.6) is 17.6 Å². The number of hydrogen-bond donors (Lipinski definition) is 0. The fourth-order valence-corrected chi connectivity index (χ4v) is 4.88. The molecule has 0 spiro atoms. The van der Waals surface area contributed by atoms with Gasteiger partial charge >= 0.3 is 10.2 Å². The van der Waals surface area contributed by atoms with Gasteiger partial charge in [-0.05, 0) is 36.4 Å². The van der Waals surface area contributed by atoms with Crippen molar-refractivity contribution in [3.63, 3.8) is 0 Å². The van der Waals surface area contributed by atoms with Crippen LogP contribution in [0.25, 0.3) is 11.3 Å². The maximum absolute atomic E-state index is 10.9. The number of nitrogens with zero attached hydrogens (tertiary/aromatic N) is 6. The quantitative estimate of drug-likeness (QED) is 0.178. The third-order valence-corrected chi connectivity index (χ3v) is 6.60. The van der Waals surface area contributed by atoms with Gasteiger partial charge in [-0.25, -0.2) is 9.82 Å². The SMILES string of the molecule is Cn1c(O[N+](=O)[O-])nc(O[N+](=O)[O-])c1-c1ccc(OCC2COC(Cn3ccnc3)(c3ccc(Cl)cc3Cl)O2)cc1. The fraction of sp³-hybridized carbons (Fsp3) is 0.250. The summed E-state index contributed by atoms with van der Waals surface area (Å²) < 4.78 is 21.4. The van der Waals surface area contributed by atoms with Crippen LogP contribution in [0.2, 0.25) is 10.0 Å². The van der Waals surface area contributed by atoms with Crippen LogP contribution in [-0.4, -0.2) is 48.6 Å². The molecule has 5 rings (SSSR count). The standard InChI is InChI=1S/C24H20Cl2N6O9/c1-29-21(22(40-31(33)34)28-23(29)41-32(35)36)15-2-5-17(6-3-15)37-11-18-12-38-24(39-18,13-30-9-8-27-14-30)19-7-4-16(25)10-20(19)26/h2-10,14,18H,11-13H2,1H3. The minimum Gasteiger partial charge on any atom is -0.491 e. The first kappa shape index (κ1) is 28.1. The molecule has 1 fully saturated rings. The third-order valence-electron chi connectivity index (χ3n) is 6.05. The number of halogens is 2. The average molecular weight is 607 g/mol. The van der Waals surface area contributed by atoms with E-state index in [1.165, 1.54) is 7.05 Å². The molecule has 0 amide bonds. The Balaban J connectivity index is 1.31. The summed E-state index contributed by atoms with van der Waals surface area (Å²) in [5.41, 5.74) is 1.09. The second kappa shape index (κ2) is 11.6. The van der Waals surface area contributed by atoms with Gasteiger partial charge < -0.3 is 23.3 Å². The van der Waals surface area contributed by atoms with Gasteiger partial charge in [0.1, 0.15) is 24.2 Å². The van der Waals surface area contributed by atoms with E-state index in [4.69, 9.17) is 37.4 Å². The van der Waals surface area contributed by atoms with Crippen molar-refractivity contribution in [2.75, 3.05) is 13.2 Å². The molecule has 3 heterocycles. The molecule has 0 aliphatic carbocycles. The first-order valence-electron chi connectivity index (χ1n) is 11.8.